The van der Waals surface area contributed by atoms with E-state index in [2.05, 4.69) is 11.4 Å². The van der Waals surface area contributed by atoms with Gasteiger partial charge in [0.05, 0.1) is 6.04 Å². The van der Waals surface area contributed by atoms with E-state index in [1.807, 2.05) is 20.8 Å². The molecule has 1 unspecified atom stereocenters. The largest absolute Gasteiger partial charge is 0.306 e. The molecule has 0 aliphatic carbocycles. The number of rotatable bonds is 4. The summed E-state index contributed by atoms with van der Waals surface area (Å²) in [7, 11) is 0. The van der Waals surface area contributed by atoms with E-state index >= 15 is 0 Å². The van der Waals surface area contributed by atoms with Crippen molar-refractivity contribution >= 4 is 11.3 Å². The first-order chi connectivity index (χ1) is 9.01. The standard InChI is InChI=1S/C15H17F2NS/c1-4-18-15(14-5-9(2)19-10(14)3)11-6-12(16)8-13(17)7-11/h5-8,15,18H,4H2,1-3H3. The van der Waals surface area contributed by atoms with Gasteiger partial charge in [0.1, 0.15) is 11.6 Å². The van der Waals surface area contributed by atoms with E-state index in [4.69, 9.17) is 0 Å². The van der Waals surface area contributed by atoms with Crippen LogP contribution >= 0.6 is 11.3 Å². The molecule has 1 aromatic carbocycles. The third kappa shape index (κ3) is 3.19. The zero-order valence-corrected chi connectivity index (χ0v) is 12.1. The molecule has 1 nitrogen and oxygen atoms in total. The summed E-state index contributed by atoms with van der Waals surface area (Å²) in [6.07, 6.45) is 0. The van der Waals surface area contributed by atoms with Gasteiger partial charge in [-0.05, 0) is 49.7 Å². The molecule has 4 heteroatoms. The lowest BCUT2D eigenvalue weighted by Crippen LogP contribution is -2.22. The number of benzene rings is 1. The van der Waals surface area contributed by atoms with Crippen LogP contribution in [0.4, 0.5) is 8.78 Å². The Labute approximate surface area is 116 Å². The van der Waals surface area contributed by atoms with Gasteiger partial charge in [0.25, 0.3) is 0 Å². The van der Waals surface area contributed by atoms with E-state index in [0.29, 0.717) is 5.56 Å². The van der Waals surface area contributed by atoms with Crippen LogP contribution in [-0.4, -0.2) is 6.54 Å². The second-order valence-electron chi connectivity index (χ2n) is 4.56. The summed E-state index contributed by atoms with van der Waals surface area (Å²) in [5.74, 6) is -1.08. The fourth-order valence-corrected chi connectivity index (χ4v) is 3.25. The van der Waals surface area contributed by atoms with Crippen molar-refractivity contribution in [3.05, 3.63) is 56.8 Å². The molecule has 1 N–H and O–H groups in total. The Bertz CT molecular complexity index is 557. The molecular formula is C15H17F2NS. The number of thiophene rings is 1. The Morgan fingerprint density at radius 3 is 2.21 bits per heavy atom. The van der Waals surface area contributed by atoms with Crippen LogP contribution in [0.15, 0.2) is 24.3 Å². The minimum atomic E-state index is -0.539. The maximum Gasteiger partial charge on any atom is 0.126 e. The molecule has 0 fully saturated rings. The Morgan fingerprint density at radius 1 is 1.11 bits per heavy atom. The van der Waals surface area contributed by atoms with Gasteiger partial charge in [-0.1, -0.05) is 6.92 Å². The average Bonchev–Trinajstić information content (AvgIpc) is 2.64. The second kappa shape index (κ2) is 5.80. The predicted octanol–water partition coefficient (Wildman–Crippen LogP) is 4.34. The molecule has 0 saturated heterocycles. The van der Waals surface area contributed by atoms with E-state index in [1.54, 1.807) is 11.3 Å². The first-order valence-electron chi connectivity index (χ1n) is 6.27. The smallest absolute Gasteiger partial charge is 0.126 e. The molecule has 2 rings (SSSR count). The van der Waals surface area contributed by atoms with Gasteiger partial charge in [-0.25, -0.2) is 8.78 Å². The van der Waals surface area contributed by atoms with Crippen LogP contribution in [0.3, 0.4) is 0 Å². The highest BCUT2D eigenvalue weighted by Gasteiger charge is 2.18. The Kier molecular flexibility index (Phi) is 4.32. The van der Waals surface area contributed by atoms with Crippen LogP contribution in [0.5, 0.6) is 0 Å². The van der Waals surface area contributed by atoms with Gasteiger partial charge in [0, 0.05) is 15.8 Å². The molecule has 0 spiro atoms. The first-order valence-corrected chi connectivity index (χ1v) is 7.09. The lowest BCUT2D eigenvalue weighted by atomic mass is 9.98. The molecule has 0 radical (unpaired) electrons. The quantitative estimate of drug-likeness (QED) is 0.879. The van der Waals surface area contributed by atoms with E-state index in [9.17, 15) is 8.78 Å². The van der Waals surface area contributed by atoms with Crippen LogP contribution in [0, 0.1) is 25.5 Å². The van der Waals surface area contributed by atoms with E-state index in [1.165, 1.54) is 21.9 Å². The van der Waals surface area contributed by atoms with Crippen molar-refractivity contribution in [2.24, 2.45) is 0 Å². The van der Waals surface area contributed by atoms with Gasteiger partial charge >= 0.3 is 0 Å². The van der Waals surface area contributed by atoms with Crippen LogP contribution < -0.4 is 5.32 Å². The highest BCUT2D eigenvalue weighted by atomic mass is 32.1. The molecule has 0 aliphatic heterocycles. The second-order valence-corrected chi connectivity index (χ2v) is 6.02. The molecule has 0 aliphatic rings. The van der Waals surface area contributed by atoms with Crippen molar-refractivity contribution in [1.29, 1.82) is 0 Å². The Morgan fingerprint density at radius 2 is 1.74 bits per heavy atom. The number of hydrogen-bond acceptors (Lipinski definition) is 2. The molecule has 0 bridgehead atoms. The number of hydrogen-bond donors (Lipinski definition) is 1. The topological polar surface area (TPSA) is 12.0 Å². The van der Waals surface area contributed by atoms with Crippen molar-refractivity contribution in [2.45, 2.75) is 26.8 Å². The zero-order valence-electron chi connectivity index (χ0n) is 11.3. The third-order valence-corrected chi connectivity index (χ3v) is 4.00. The van der Waals surface area contributed by atoms with Crippen molar-refractivity contribution in [3.63, 3.8) is 0 Å². The molecule has 1 atom stereocenters. The molecule has 2 aromatic rings. The van der Waals surface area contributed by atoms with E-state index < -0.39 is 11.6 Å². The Balaban J connectivity index is 2.47. The maximum atomic E-state index is 13.4. The van der Waals surface area contributed by atoms with Crippen molar-refractivity contribution in [3.8, 4) is 0 Å². The average molecular weight is 281 g/mol. The Hall–Kier alpha value is -1.26. The van der Waals surface area contributed by atoms with Crippen LogP contribution in [0.2, 0.25) is 0 Å². The van der Waals surface area contributed by atoms with Gasteiger partial charge in [-0.2, -0.15) is 0 Å². The highest BCUT2D eigenvalue weighted by Crippen LogP contribution is 2.31. The third-order valence-electron chi connectivity index (χ3n) is 3.02. The van der Waals surface area contributed by atoms with E-state index in [-0.39, 0.29) is 6.04 Å². The maximum absolute atomic E-state index is 13.4. The summed E-state index contributed by atoms with van der Waals surface area (Å²) in [4.78, 5) is 2.38. The minimum absolute atomic E-state index is 0.167. The summed E-state index contributed by atoms with van der Waals surface area (Å²) in [5.41, 5.74) is 1.72. The monoisotopic (exact) mass is 281 g/mol. The van der Waals surface area contributed by atoms with Gasteiger partial charge in [0.2, 0.25) is 0 Å². The SMILES string of the molecule is CCNC(c1cc(F)cc(F)c1)c1cc(C)sc1C. The van der Waals surface area contributed by atoms with Crippen molar-refractivity contribution in [1.82, 2.24) is 5.32 Å². The number of halogens is 2. The summed E-state index contributed by atoms with van der Waals surface area (Å²) in [6, 6.07) is 5.60. The molecular weight excluding hydrogens is 264 g/mol. The summed E-state index contributed by atoms with van der Waals surface area (Å²) in [5, 5.41) is 3.30. The van der Waals surface area contributed by atoms with E-state index in [0.717, 1.165) is 18.2 Å². The summed E-state index contributed by atoms with van der Waals surface area (Å²) in [6.45, 7) is 6.79. The fourth-order valence-electron chi connectivity index (χ4n) is 2.29. The molecule has 19 heavy (non-hydrogen) atoms. The summed E-state index contributed by atoms with van der Waals surface area (Å²) >= 11 is 1.70. The molecule has 1 aromatic heterocycles. The van der Waals surface area contributed by atoms with Crippen LogP contribution in [-0.2, 0) is 0 Å². The van der Waals surface area contributed by atoms with Gasteiger partial charge in [-0.3, -0.25) is 0 Å². The first kappa shape index (κ1) is 14.2. The van der Waals surface area contributed by atoms with Crippen LogP contribution in [0.1, 0.15) is 33.8 Å². The van der Waals surface area contributed by atoms with Crippen molar-refractivity contribution < 1.29 is 8.78 Å². The predicted molar refractivity (Wildman–Crippen MR) is 75.7 cm³/mol. The van der Waals surface area contributed by atoms with Gasteiger partial charge < -0.3 is 5.32 Å². The van der Waals surface area contributed by atoms with Crippen molar-refractivity contribution in [2.75, 3.05) is 6.54 Å². The van der Waals surface area contributed by atoms with Crippen LogP contribution in [0.25, 0.3) is 0 Å². The number of aryl methyl sites for hydroxylation is 2. The zero-order chi connectivity index (χ0) is 14.0. The number of nitrogens with one attached hydrogen (secondary N) is 1. The normalized spacial score (nSPS) is 12.7. The molecule has 1 heterocycles. The lowest BCUT2D eigenvalue weighted by molar-refractivity contribution is 0.565. The highest BCUT2D eigenvalue weighted by molar-refractivity contribution is 7.12. The van der Waals surface area contributed by atoms with Gasteiger partial charge in [-0.15, -0.1) is 11.3 Å². The molecule has 0 saturated carbocycles. The molecule has 102 valence electrons. The fraction of sp³-hybridized carbons (Fsp3) is 0.333. The van der Waals surface area contributed by atoms with Gasteiger partial charge in [0.15, 0.2) is 0 Å². The molecule has 0 amide bonds. The lowest BCUT2D eigenvalue weighted by Gasteiger charge is -2.19. The minimum Gasteiger partial charge on any atom is -0.306 e. The summed E-state index contributed by atoms with van der Waals surface area (Å²) < 4.78 is 26.8.